The zero-order chi connectivity index (χ0) is 34.9. The lowest BCUT2D eigenvalue weighted by atomic mass is 10.3. The fourth-order valence-corrected chi connectivity index (χ4v) is 43.5. The van der Waals surface area contributed by atoms with Gasteiger partial charge in [0.05, 0.1) is 0 Å². The van der Waals surface area contributed by atoms with Gasteiger partial charge in [0.25, 0.3) is 0 Å². The topological polar surface area (TPSA) is 124 Å². The molecule has 3 fully saturated rings. The fourth-order valence-electron chi connectivity index (χ4n) is 6.46. The summed E-state index contributed by atoms with van der Waals surface area (Å²) in [6.45, 7) is 29.1. The molecular formula is C28H65O11Si7. The van der Waals surface area contributed by atoms with Crippen LogP contribution >= 0.6 is 0 Å². The van der Waals surface area contributed by atoms with E-state index >= 15 is 0 Å². The van der Waals surface area contributed by atoms with Crippen molar-refractivity contribution in [2.24, 2.45) is 41.4 Å². The third kappa shape index (κ3) is 11.6. The molecule has 18 heteroatoms. The van der Waals surface area contributed by atoms with Crippen LogP contribution in [0.25, 0.3) is 0 Å². The number of hydrogen-bond acceptors (Lipinski definition) is 11. The average Bonchev–Trinajstić information content (AvgIpc) is 2.70. The molecule has 0 amide bonds. The second-order valence-electron chi connectivity index (χ2n) is 16.6. The van der Waals surface area contributed by atoms with Crippen LogP contribution in [0, 0.1) is 41.4 Å². The van der Waals surface area contributed by atoms with Crippen molar-refractivity contribution in [3.8, 4) is 0 Å². The Morgan fingerprint density at radius 1 is 0.370 bits per heavy atom. The Morgan fingerprint density at radius 2 is 0.630 bits per heavy atom. The SMILES string of the molecule is CC(C)C[Si]1O[Si]2(CC(C)C)O[Si](O)(CC(C)C)O[Si]3(CC(C)C)O[Si](O)(CC(C)C)O[Si](CC(C)C)(O1)O[Si](CC(C)C)(O2)O3. The molecule has 0 spiro atoms. The van der Waals surface area contributed by atoms with Crippen LogP contribution in [0.4, 0.5) is 0 Å². The first kappa shape index (κ1) is 41.5. The molecule has 3 rings (SSSR count). The molecule has 4 bridgehead atoms. The van der Waals surface area contributed by atoms with E-state index < -0.39 is 62.1 Å². The van der Waals surface area contributed by atoms with Gasteiger partial charge in [-0.3, -0.25) is 0 Å². The van der Waals surface area contributed by atoms with Crippen LogP contribution in [0.1, 0.15) is 96.9 Å². The van der Waals surface area contributed by atoms with E-state index in [4.69, 9.17) is 37.0 Å². The van der Waals surface area contributed by atoms with Gasteiger partial charge >= 0.3 is 62.1 Å². The lowest BCUT2D eigenvalue weighted by Crippen LogP contribution is -2.81. The minimum absolute atomic E-state index is 0.0353. The molecule has 46 heavy (non-hydrogen) atoms. The zero-order valence-electron chi connectivity index (χ0n) is 31.1. The fraction of sp³-hybridized carbons (Fsp3) is 1.00. The third-order valence-electron chi connectivity index (χ3n) is 7.27. The van der Waals surface area contributed by atoms with Gasteiger partial charge in [-0.2, -0.15) is 0 Å². The summed E-state index contributed by atoms with van der Waals surface area (Å²) in [6.07, 6.45) is 0. The summed E-state index contributed by atoms with van der Waals surface area (Å²) >= 11 is 0. The first-order valence-corrected chi connectivity index (χ1v) is 30.7. The highest BCUT2D eigenvalue weighted by molar-refractivity contribution is 6.97. The molecular weight excluding hydrogens is 709 g/mol. The van der Waals surface area contributed by atoms with E-state index in [0.29, 0.717) is 30.2 Å². The van der Waals surface area contributed by atoms with Gasteiger partial charge in [0, 0.05) is 36.3 Å². The molecule has 0 saturated carbocycles. The molecule has 4 unspecified atom stereocenters. The minimum Gasteiger partial charge on any atom is -0.393 e. The molecule has 2 N–H and O–H groups in total. The molecule has 271 valence electrons. The number of rotatable bonds is 14. The highest BCUT2D eigenvalue weighted by Crippen LogP contribution is 2.48. The van der Waals surface area contributed by atoms with Crippen LogP contribution in [-0.4, -0.2) is 71.7 Å². The van der Waals surface area contributed by atoms with Gasteiger partial charge in [0.1, 0.15) is 0 Å². The highest BCUT2D eigenvalue weighted by atomic mass is 28.6. The molecule has 0 aliphatic carbocycles. The van der Waals surface area contributed by atoms with E-state index in [0.717, 1.165) is 0 Å². The Balaban J connectivity index is 2.46. The van der Waals surface area contributed by atoms with Crippen LogP contribution in [-0.2, 0) is 37.0 Å². The summed E-state index contributed by atoms with van der Waals surface area (Å²) in [5.41, 5.74) is 0. The molecule has 0 aromatic rings. The van der Waals surface area contributed by atoms with Gasteiger partial charge in [-0.05, 0) is 47.5 Å². The van der Waals surface area contributed by atoms with Gasteiger partial charge < -0.3 is 46.6 Å². The van der Waals surface area contributed by atoms with Crippen molar-refractivity contribution in [3.05, 3.63) is 0 Å². The van der Waals surface area contributed by atoms with Gasteiger partial charge in [-0.25, -0.2) is 0 Å². The second-order valence-corrected chi connectivity index (χ2v) is 35.9. The molecule has 3 aliphatic heterocycles. The van der Waals surface area contributed by atoms with Crippen molar-refractivity contribution >= 4 is 62.1 Å². The maximum absolute atomic E-state index is 12.6. The quantitative estimate of drug-likeness (QED) is 0.180. The maximum atomic E-state index is 12.6. The highest BCUT2D eigenvalue weighted by Gasteiger charge is 2.75. The monoisotopic (exact) mass is 773 g/mol. The normalized spacial score (nSPS) is 37.9. The van der Waals surface area contributed by atoms with Crippen LogP contribution in [0.5, 0.6) is 0 Å². The Kier molecular flexibility index (Phi) is 14.2. The van der Waals surface area contributed by atoms with Gasteiger partial charge in [0.15, 0.2) is 0 Å². The Morgan fingerprint density at radius 3 is 0.935 bits per heavy atom. The average molecular weight is 774 g/mol. The van der Waals surface area contributed by atoms with E-state index in [2.05, 4.69) is 69.2 Å². The van der Waals surface area contributed by atoms with E-state index in [1.54, 1.807) is 0 Å². The molecule has 0 aromatic carbocycles. The van der Waals surface area contributed by atoms with Gasteiger partial charge in [-0.15, -0.1) is 0 Å². The van der Waals surface area contributed by atoms with Crippen LogP contribution in [0.2, 0.25) is 42.3 Å². The molecule has 3 heterocycles. The summed E-state index contributed by atoms with van der Waals surface area (Å²) in [4.78, 5) is 25.3. The van der Waals surface area contributed by atoms with Gasteiger partial charge in [-0.1, -0.05) is 96.9 Å². The van der Waals surface area contributed by atoms with Gasteiger partial charge in [0.2, 0.25) is 0 Å². The standard InChI is InChI=1S/C28H65O11Si7/c1-22(2)15-40-31-43(18-25(7)8)33-41(29,16-23(3)4)35-45(20-27(11)12)36-42(30,17-24(5)6)34-44(32-40,19-26(9)10)38-46(37-43,39-45)21-28(13)14/h22-30H,15-21H2,1-14H3. The maximum Gasteiger partial charge on any atom is 0.483 e. The molecule has 4 atom stereocenters. The van der Waals surface area contributed by atoms with Crippen molar-refractivity contribution in [2.45, 2.75) is 139 Å². The van der Waals surface area contributed by atoms with Crippen LogP contribution in [0.15, 0.2) is 0 Å². The largest absolute Gasteiger partial charge is 0.483 e. The lowest BCUT2D eigenvalue weighted by Gasteiger charge is -2.57. The van der Waals surface area contributed by atoms with E-state index in [1.807, 2.05) is 27.7 Å². The number of hydrogen-bond donors (Lipinski definition) is 2. The van der Waals surface area contributed by atoms with E-state index in [1.165, 1.54) is 0 Å². The Hall–Kier alpha value is 1.08. The first-order chi connectivity index (χ1) is 20.9. The molecule has 0 aromatic heterocycles. The summed E-state index contributed by atoms with van der Waals surface area (Å²) < 4.78 is 64.5. The second kappa shape index (κ2) is 15.8. The van der Waals surface area contributed by atoms with Crippen LogP contribution < -0.4 is 0 Å². The third-order valence-corrected chi connectivity index (χ3v) is 38.2. The Labute approximate surface area is 288 Å². The minimum atomic E-state index is -4.13. The van der Waals surface area contributed by atoms with Crippen LogP contribution in [0.3, 0.4) is 0 Å². The van der Waals surface area contributed by atoms with E-state index in [9.17, 15) is 9.59 Å². The summed E-state index contributed by atoms with van der Waals surface area (Å²) in [7, 11) is -25.9. The smallest absolute Gasteiger partial charge is 0.393 e. The molecule has 1 radical (unpaired) electrons. The van der Waals surface area contributed by atoms with Crippen molar-refractivity contribution in [2.75, 3.05) is 0 Å². The predicted octanol–water partition coefficient (Wildman–Crippen LogP) is 6.87. The van der Waals surface area contributed by atoms with Crippen molar-refractivity contribution in [1.82, 2.24) is 0 Å². The lowest BCUT2D eigenvalue weighted by molar-refractivity contribution is 0.0166. The molecule has 3 aliphatic rings. The van der Waals surface area contributed by atoms with E-state index in [-0.39, 0.29) is 53.5 Å². The van der Waals surface area contributed by atoms with Crippen molar-refractivity contribution in [3.63, 3.8) is 0 Å². The van der Waals surface area contributed by atoms with Crippen molar-refractivity contribution in [1.29, 1.82) is 0 Å². The first-order valence-electron chi connectivity index (χ1n) is 17.5. The summed E-state index contributed by atoms with van der Waals surface area (Å²) in [5, 5.41) is 0. The Bertz CT molecular complexity index is 939. The van der Waals surface area contributed by atoms with Crippen molar-refractivity contribution < 1.29 is 46.6 Å². The summed E-state index contributed by atoms with van der Waals surface area (Å²) in [6, 6.07) is 2.81. The zero-order valence-corrected chi connectivity index (χ0v) is 38.1. The summed E-state index contributed by atoms with van der Waals surface area (Å²) in [5.74, 6) is 0.692. The molecule has 3 saturated heterocycles. The predicted molar refractivity (Wildman–Crippen MR) is 192 cm³/mol. The number of fused-ring (bicyclic) bond motifs is 3. The molecule has 11 nitrogen and oxygen atoms in total.